The van der Waals surface area contributed by atoms with E-state index in [1.165, 1.54) is 0 Å². The summed E-state index contributed by atoms with van der Waals surface area (Å²) in [5.41, 5.74) is 3.27. The van der Waals surface area contributed by atoms with Crippen molar-refractivity contribution in [2.24, 2.45) is 0 Å². The van der Waals surface area contributed by atoms with Crippen molar-refractivity contribution in [1.82, 2.24) is 4.98 Å². The highest BCUT2D eigenvalue weighted by Crippen LogP contribution is 2.35. The van der Waals surface area contributed by atoms with E-state index in [1.807, 2.05) is 6.92 Å². The van der Waals surface area contributed by atoms with E-state index in [4.69, 9.17) is 4.42 Å². The largest absolute Gasteiger partial charge is 0.468 e. The lowest BCUT2D eigenvalue weighted by Crippen LogP contribution is -2.33. The number of anilines is 2. The zero-order chi connectivity index (χ0) is 11.1. The van der Waals surface area contributed by atoms with Crippen LogP contribution in [0.25, 0.3) is 0 Å². The molecule has 1 N–H and O–H groups in total. The number of aryl methyl sites for hydroxylation is 1. The molecule has 5 heteroatoms. The van der Waals surface area contributed by atoms with E-state index in [2.05, 4.69) is 27.6 Å². The highest BCUT2D eigenvalue weighted by molar-refractivity contribution is 7.09. The highest BCUT2D eigenvalue weighted by Gasteiger charge is 2.25. The summed E-state index contributed by atoms with van der Waals surface area (Å²) in [7, 11) is 2.07. The number of nitrogens with one attached hydrogen (secondary N) is 1. The molecule has 0 saturated carbocycles. The van der Waals surface area contributed by atoms with Gasteiger partial charge in [-0.2, -0.15) is 0 Å². The molecule has 0 amide bonds. The molecule has 0 saturated heterocycles. The number of aromatic nitrogens is 1. The van der Waals surface area contributed by atoms with Gasteiger partial charge < -0.3 is 14.6 Å². The van der Waals surface area contributed by atoms with Gasteiger partial charge in [0.05, 0.1) is 28.1 Å². The summed E-state index contributed by atoms with van der Waals surface area (Å²) < 4.78 is 5.21. The van der Waals surface area contributed by atoms with Gasteiger partial charge in [-0.05, 0) is 6.92 Å². The van der Waals surface area contributed by atoms with E-state index < -0.39 is 0 Å². The number of hydrogen-bond donors (Lipinski definition) is 1. The van der Waals surface area contributed by atoms with Gasteiger partial charge in [-0.1, -0.05) is 0 Å². The van der Waals surface area contributed by atoms with E-state index in [1.54, 1.807) is 23.9 Å². The van der Waals surface area contributed by atoms with E-state index in [-0.39, 0.29) is 6.04 Å². The maximum atomic E-state index is 5.21. The Bertz CT molecular complexity index is 505. The number of nitrogens with zero attached hydrogens (tertiary/aromatic N) is 2. The molecule has 0 aromatic carbocycles. The monoisotopic (exact) mass is 235 g/mol. The minimum Gasteiger partial charge on any atom is -0.468 e. The van der Waals surface area contributed by atoms with Gasteiger partial charge in [0.1, 0.15) is 12.5 Å². The van der Waals surface area contributed by atoms with Gasteiger partial charge in [-0.15, -0.1) is 11.3 Å². The molecule has 1 aliphatic heterocycles. The van der Waals surface area contributed by atoms with Crippen LogP contribution in [0.4, 0.5) is 11.4 Å². The average molecular weight is 235 g/mol. The molecule has 3 heterocycles. The summed E-state index contributed by atoms with van der Waals surface area (Å²) in [5, 5.41) is 6.67. The van der Waals surface area contributed by atoms with Gasteiger partial charge in [0, 0.05) is 19.0 Å². The number of rotatable bonds is 1. The third-order valence-electron chi connectivity index (χ3n) is 2.83. The third kappa shape index (κ3) is 1.48. The first-order valence-corrected chi connectivity index (χ1v) is 6.08. The average Bonchev–Trinajstić information content (AvgIpc) is 2.85. The first kappa shape index (κ1) is 9.72. The van der Waals surface area contributed by atoms with Gasteiger partial charge in [0.15, 0.2) is 0 Å². The highest BCUT2D eigenvalue weighted by atomic mass is 32.1. The summed E-state index contributed by atoms with van der Waals surface area (Å²) in [5.74, 6) is 0. The SMILES string of the molecule is Cc1nc(C2CN(C)c3cocc3N2)cs1. The van der Waals surface area contributed by atoms with E-state index in [0.29, 0.717) is 0 Å². The molecule has 84 valence electrons. The molecule has 0 bridgehead atoms. The molecule has 0 spiro atoms. The second kappa shape index (κ2) is 3.52. The Labute approximate surface area is 97.9 Å². The third-order valence-corrected chi connectivity index (χ3v) is 3.62. The Morgan fingerprint density at radius 1 is 1.56 bits per heavy atom. The second-order valence-corrected chi connectivity index (χ2v) is 5.10. The van der Waals surface area contributed by atoms with Crippen molar-refractivity contribution < 1.29 is 4.42 Å². The number of likely N-dealkylation sites (N-methyl/N-ethyl adjacent to an activating group) is 1. The summed E-state index contributed by atoms with van der Waals surface area (Å²) >= 11 is 1.69. The predicted molar refractivity (Wildman–Crippen MR) is 65.2 cm³/mol. The molecule has 3 rings (SSSR count). The van der Waals surface area contributed by atoms with Crippen LogP contribution in [-0.4, -0.2) is 18.6 Å². The van der Waals surface area contributed by atoms with Gasteiger partial charge in [0.2, 0.25) is 0 Å². The Kier molecular flexibility index (Phi) is 2.14. The molecular weight excluding hydrogens is 222 g/mol. The van der Waals surface area contributed by atoms with E-state index >= 15 is 0 Å². The molecule has 2 aromatic rings. The van der Waals surface area contributed by atoms with Crippen molar-refractivity contribution in [1.29, 1.82) is 0 Å². The maximum absolute atomic E-state index is 5.21. The fourth-order valence-corrected chi connectivity index (χ4v) is 2.67. The Morgan fingerprint density at radius 2 is 2.44 bits per heavy atom. The molecule has 0 aliphatic carbocycles. The first-order valence-electron chi connectivity index (χ1n) is 5.20. The van der Waals surface area contributed by atoms with Crippen LogP contribution in [0, 0.1) is 6.92 Å². The lowest BCUT2D eigenvalue weighted by Gasteiger charge is -2.31. The molecule has 0 radical (unpaired) electrons. The zero-order valence-corrected chi connectivity index (χ0v) is 10.0. The van der Waals surface area contributed by atoms with Gasteiger partial charge in [0.25, 0.3) is 0 Å². The fourth-order valence-electron chi connectivity index (χ4n) is 2.01. The molecule has 4 nitrogen and oxygen atoms in total. The molecule has 1 aliphatic rings. The lowest BCUT2D eigenvalue weighted by atomic mass is 10.1. The van der Waals surface area contributed by atoms with Crippen molar-refractivity contribution in [3.63, 3.8) is 0 Å². The van der Waals surface area contributed by atoms with Crippen LogP contribution in [0.15, 0.2) is 22.3 Å². The number of thiazole rings is 1. The maximum Gasteiger partial charge on any atom is 0.116 e. The minimum atomic E-state index is 0.250. The Morgan fingerprint density at radius 3 is 3.19 bits per heavy atom. The minimum absolute atomic E-state index is 0.250. The van der Waals surface area contributed by atoms with Crippen LogP contribution >= 0.6 is 11.3 Å². The first-order chi connectivity index (χ1) is 7.74. The molecule has 16 heavy (non-hydrogen) atoms. The Balaban J connectivity index is 1.91. The number of hydrogen-bond acceptors (Lipinski definition) is 5. The van der Waals surface area contributed by atoms with Gasteiger partial charge in [-0.25, -0.2) is 4.98 Å². The quantitative estimate of drug-likeness (QED) is 0.825. The predicted octanol–water partition coefficient (Wildman–Crippen LogP) is 2.65. The smallest absolute Gasteiger partial charge is 0.116 e. The van der Waals surface area contributed by atoms with Crippen LogP contribution in [-0.2, 0) is 0 Å². The Hall–Kier alpha value is -1.49. The standard InChI is InChI=1S/C11H13N3OS/c1-7-12-10(6-16-7)8-3-14(2)11-5-15-4-9(11)13-8/h4-6,8,13H,3H2,1-2H3. The normalized spacial score (nSPS) is 19.4. The van der Waals surface area contributed by atoms with Crippen molar-refractivity contribution in [3.8, 4) is 0 Å². The summed E-state index contributed by atoms with van der Waals surface area (Å²) in [4.78, 5) is 6.71. The van der Waals surface area contributed by atoms with Crippen LogP contribution < -0.4 is 10.2 Å². The van der Waals surface area contributed by atoms with Crippen LogP contribution in [0.1, 0.15) is 16.7 Å². The van der Waals surface area contributed by atoms with Crippen LogP contribution in [0.2, 0.25) is 0 Å². The second-order valence-electron chi connectivity index (χ2n) is 4.04. The van der Waals surface area contributed by atoms with Gasteiger partial charge in [-0.3, -0.25) is 0 Å². The van der Waals surface area contributed by atoms with Crippen LogP contribution in [0.5, 0.6) is 0 Å². The molecule has 0 fully saturated rings. The summed E-state index contributed by atoms with van der Waals surface area (Å²) in [6.07, 6.45) is 3.52. The molecule has 1 atom stereocenters. The van der Waals surface area contributed by atoms with E-state index in [9.17, 15) is 0 Å². The van der Waals surface area contributed by atoms with E-state index in [0.717, 1.165) is 28.6 Å². The fraction of sp³-hybridized carbons (Fsp3) is 0.364. The van der Waals surface area contributed by atoms with Crippen LogP contribution in [0.3, 0.4) is 0 Å². The summed E-state index contributed by atoms with van der Waals surface area (Å²) in [6, 6.07) is 0.250. The molecular formula is C11H13N3OS. The molecule has 1 unspecified atom stereocenters. The molecule has 2 aromatic heterocycles. The number of fused-ring (bicyclic) bond motifs is 1. The van der Waals surface area contributed by atoms with Crippen molar-refractivity contribution >= 4 is 22.7 Å². The van der Waals surface area contributed by atoms with Crippen molar-refractivity contribution in [2.75, 3.05) is 23.8 Å². The van der Waals surface area contributed by atoms with Crippen molar-refractivity contribution in [2.45, 2.75) is 13.0 Å². The van der Waals surface area contributed by atoms with Crippen molar-refractivity contribution in [3.05, 3.63) is 28.6 Å². The lowest BCUT2D eigenvalue weighted by molar-refractivity contribution is 0.568. The number of furan rings is 1. The summed E-state index contributed by atoms with van der Waals surface area (Å²) in [6.45, 7) is 2.94. The van der Waals surface area contributed by atoms with Gasteiger partial charge >= 0.3 is 0 Å². The zero-order valence-electron chi connectivity index (χ0n) is 9.23. The topological polar surface area (TPSA) is 41.3 Å².